The van der Waals surface area contributed by atoms with E-state index in [0.29, 0.717) is 17.8 Å². The lowest BCUT2D eigenvalue weighted by Crippen LogP contribution is -2.45. The summed E-state index contributed by atoms with van der Waals surface area (Å²) in [6, 6.07) is 3.97. The first-order valence-electron chi connectivity index (χ1n) is 9.93. The number of carbonyl (C=O) groups excluding carboxylic acids is 1. The standard InChI is InChI=1S/C21H32N3O2/c1-6-19-23(5)17-8-7-11-22-21(17)24(19)13-20(25)26-18-12-15(4)9-10-16(18)14(2)3/h7-8,11,14-16,18H,6,9-10,12-13H2,1-5H3/q+1/t15-,16+,18?/m1/s1. The Kier molecular flexibility index (Phi) is 5.64. The summed E-state index contributed by atoms with van der Waals surface area (Å²) >= 11 is 0. The zero-order valence-electron chi connectivity index (χ0n) is 16.7. The molecule has 0 saturated heterocycles. The third-order valence-electron chi connectivity index (χ3n) is 5.93. The maximum atomic E-state index is 12.8. The number of nitrogens with zero attached hydrogens (tertiary/aromatic N) is 3. The summed E-state index contributed by atoms with van der Waals surface area (Å²) < 4.78 is 10.1. The molecule has 26 heavy (non-hydrogen) atoms. The van der Waals surface area contributed by atoms with Crippen molar-refractivity contribution >= 4 is 17.1 Å². The highest BCUT2D eigenvalue weighted by Crippen LogP contribution is 2.35. The smallest absolute Gasteiger partial charge is 0.341 e. The second-order valence-electron chi connectivity index (χ2n) is 8.12. The van der Waals surface area contributed by atoms with Gasteiger partial charge >= 0.3 is 11.6 Å². The molecule has 142 valence electrons. The Hall–Kier alpha value is -1.91. The van der Waals surface area contributed by atoms with Gasteiger partial charge < -0.3 is 4.74 Å². The molecule has 5 nitrogen and oxygen atoms in total. The van der Waals surface area contributed by atoms with Crippen LogP contribution in [0.25, 0.3) is 11.2 Å². The van der Waals surface area contributed by atoms with Crippen LogP contribution in [0.2, 0.25) is 0 Å². The molecule has 1 aliphatic rings. The number of rotatable bonds is 5. The molecule has 3 atom stereocenters. The van der Waals surface area contributed by atoms with Crippen molar-refractivity contribution in [1.82, 2.24) is 9.55 Å². The second kappa shape index (κ2) is 7.77. The van der Waals surface area contributed by atoms with E-state index in [1.165, 1.54) is 6.42 Å². The molecule has 0 radical (unpaired) electrons. The Labute approximate surface area is 156 Å². The van der Waals surface area contributed by atoms with E-state index < -0.39 is 0 Å². The molecular weight excluding hydrogens is 326 g/mol. The van der Waals surface area contributed by atoms with Gasteiger partial charge in [-0.15, -0.1) is 4.98 Å². The number of ether oxygens (including phenoxy) is 1. The minimum Gasteiger partial charge on any atom is -0.460 e. The molecule has 5 heteroatoms. The summed E-state index contributed by atoms with van der Waals surface area (Å²) in [5.41, 5.74) is 1.89. The first kappa shape index (κ1) is 18.9. The van der Waals surface area contributed by atoms with Gasteiger partial charge in [0.25, 0.3) is 0 Å². The fourth-order valence-corrected chi connectivity index (χ4v) is 4.48. The van der Waals surface area contributed by atoms with Gasteiger partial charge in [-0.2, -0.15) is 0 Å². The van der Waals surface area contributed by atoms with Gasteiger partial charge in [0.05, 0.1) is 7.05 Å². The van der Waals surface area contributed by atoms with E-state index >= 15 is 0 Å². The lowest BCUT2D eigenvalue weighted by atomic mass is 9.75. The minimum atomic E-state index is -0.146. The van der Waals surface area contributed by atoms with Gasteiger partial charge in [0, 0.05) is 6.42 Å². The molecule has 1 fully saturated rings. The van der Waals surface area contributed by atoms with Crippen LogP contribution in [0, 0.1) is 17.8 Å². The minimum absolute atomic E-state index is 0.0415. The molecule has 0 aromatic carbocycles. The number of aromatic nitrogens is 3. The average molecular weight is 359 g/mol. The highest BCUT2D eigenvalue weighted by atomic mass is 16.5. The number of esters is 1. The highest BCUT2D eigenvalue weighted by Gasteiger charge is 2.34. The van der Waals surface area contributed by atoms with Crippen LogP contribution >= 0.6 is 0 Å². The largest absolute Gasteiger partial charge is 0.460 e. The summed E-state index contributed by atoms with van der Waals surface area (Å²) in [4.78, 5) is 17.3. The summed E-state index contributed by atoms with van der Waals surface area (Å²) in [6.07, 6.45) is 6.03. The van der Waals surface area contributed by atoms with Gasteiger partial charge in [-0.3, -0.25) is 4.57 Å². The number of carbonyl (C=O) groups is 1. The molecule has 2 aromatic heterocycles. The van der Waals surface area contributed by atoms with E-state index in [4.69, 9.17) is 4.74 Å². The maximum absolute atomic E-state index is 12.8. The van der Waals surface area contributed by atoms with Gasteiger partial charge in [-0.1, -0.05) is 34.1 Å². The Bertz CT molecular complexity index is 781. The van der Waals surface area contributed by atoms with E-state index in [-0.39, 0.29) is 18.6 Å². The number of imidazole rings is 1. The van der Waals surface area contributed by atoms with E-state index in [1.807, 2.05) is 23.7 Å². The predicted molar refractivity (Wildman–Crippen MR) is 102 cm³/mol. The van der Waals surface area contributed by atoms with Crippen LogP contribution in [0.1, 0.15) is 52.8 Å². The van der Waals surface area contributed by atoms with Crippen molar-refractivity contribution < 1.29 is 14.1 Å². The van der Waals surface area contributed by atoms with E-state index in [1.54, 1.807) is 6.20 Å². The molecule has 0 aliphatic heterocycles. The van der Waals surface area contributed by atoms with Crippen molar-refractivity contribution in [2.24, 2.45) is 24.8 Å². The van der Waals surface area contributed by atoms with Gasteiger partial charge in [0.15, 0.2) is 12.1 Å². The van der Waals surface area contributed by atoms with Crippen molar-refractivity contribution in [2.75, 3.05) is 0 Å². The monoisotopic (exact) mass is 358 g/mol. The molecule has 1 aliphatic carbocycles. The third kappa shape index (κ3) is 3.62. The molecule has 0 amide bonds. The van der Waals surface area contributed by atoms with Crippen molar-refractivity contribution in [3.8, 4) is 0 Å². The van der Waals surface area contributed by atoms with Crippen LogP contribution < -0.4 is 4.57 Å². The maximum Gasteiger partial charge on any atom is 0.341 e. The molecule has 0 spiro atoms. The first-order chi connectivity index (χ1) is 12.4. The van der Waals surface area contributed by atoms with Gasteiger partial charge in [0.2, 0.25) is 5.82 Å². The SMILES string of the molecule is CCc1n(C)c2cccnc2[n+]1CC(=O)OC1C[C@H](C)CC[C@H]1C(C)C. The van der Waals surface area contributed by atoms with Crippen LogP contribution in [0.5, 0.6) is 0 Å². The van der Waals surface area contributed by atoms with Gasteiger partial charge in [-0.25, -0.2) is 9.36 Å². The van der Waals surface area contributed by atoms with Crippen LogP contribution in [0.3, 0.4) is 0 Å². The highest BCUT2D eigenvalue weighted by molar-refractivity contribution is 5.71. The van der Waals surface area contributed by atoms with E-state index in [9.17, 15) is 4.79 Å². The number of fused-ring (bicyclic) bond motifs is 1. The zero-order chi connectivity index (χ0) is 18.8. The summed E-state index contributed by atoms with van der Waals surface area (Å²) in [6.45, 7) is 9.07. The predicted octanol–water partition coefficient (Wildman–Crippen LogP) is 3.43. The Morgan fingerprint density at radius 3 is 2.88 bits per heavy atom. The molecular formula is C21H32N3O2+. The number of aryl methyl sites for hydroxylation is 1. The lowest BCUT2D eigenvalue weighted by molar-refractivity contribution is -0.670. The normalized spacial score (nSPS) is 23.5. The van der Waals surface area contributed by atoms with Crippen molar-refractivity contribution in [3.63, 3.8) is 0 Å². The molecule has 0 bridgehead atoms. The summed E-state index contributed by atoms with van der Waals surface area (Å²) in [5, 5.41) is 0. The van der Waals surface area contributed by atoms with Crippen molar-refractivity contribution in [2.45, 2.75) is 66.0 Å². The molecule has 3 rings (SSSR count). The van der Waals surface area contributed by atoms with Crippen LogP contribution in [-0.2, 0) is 29.5 Å². The Balaban J connectivity index is 1.81. The van der Waals surface area contributed by atoms with E-state index in [0.717, 1.165) is 36.3 Å². The second-order valence-corrected chi connectivity index (χ2v) is 8.12. The molecule has 2 heterocycles. The number of hydrogen-bond acceptors (Lipinski definition) is 3. The summed E-state index contributed by atoms with van der Waals surface area (Å²) in [5.74, 6) is 2.58. The topological polar surface area (TPSA) is 48.0 Å². The van der Waals surface area contributed by atoms with Gasteiger partial charge in [0.1, 0.15) is 12.3 Å². The van der Waals surface area contributed by atoms with Crippen molar-refractivity contribution in [1.29, 1.82) is 0 Å². The zero-order valence-corrected chi connectivity index (χ0v) is 16.7. The van der Waals surface area contributed by atoms with Crippen LogP contribution in [-0.4, -0.2) is 21.6 Å². The quantitative estimate of drug-likeness (QED) is 0.608. The first-order valence-corrected chi connectivity index (χ1v) is 9.93. The fourth-order valence-electron chi connectivity index (χ4n) is 4.48. The van der Waals surface area contributed by atoms with Gasteiger partial charge in [-0.05, 0) is 42.7 Å². The molecule has 0 N–H and O–H groups in total. The summed E-state index contributed by atoms with van der Waals surface area (Å²) in [7, 11) is 2.03. The lowest BCUT2D eigenvalue weighted by Gasteiger charge is -2.36. The Morgan fingerprint density at radius 2 is 2.19 bits per heavy atom. The van der Waals surface area contributed by atoms with E-state index in [2.05, 4.69) is 37.2 Å². The molecule has 2 aromatic rings. The van der Waals surface area contributed by atoms with Crippen molar-refractivity contribution in [3.05, 3.63) is 24.2 Å². The Morgan fingerprint density at radius 1 is 1.42 bits per heavy atom. The fraction of sp³-hybridized carbons (Fsp3) is 0.667. The number of hydrogen-bond donors (Lipinski definition) is 0. The van der Waals surface area contributed by atoms with Crippen LogP contribution in [0.4, 0.5) is 0 Å². The third-order valence-corrected chi connectivity index (χ3v) is 5.93. The van der Waals surface area contributed by atoms with Crippen LogP contribution in [0.15, 0.2) is 18.3 Å². The average Bonchev–Trinajstić information content (AvgIpc) is 2.86. The molecule has 1 saturated carbocycles. The number of pyridine rings is 1. The molecule has 1 unspecified atom stereocenters.